The second kappa shape index (κ2) is 10.7. The maximum absolute atomic E-state index is 15.1. The van der Waals surface area contributed by atoms with E-state index in [2.05, 4.69) is 27.7 Å². The number of rotatable bonds is 7. The van der Waals surface area contributed by atoms with Gasteiger partial charge in [-0.2, -0.15) is 0 Å². The van der Waals surface area contributed by atoms with Gasteiger partial charge in [0.2, 0.25) is 0 Å². The first kappa shape index (κ1) is 25.8. The first-order chi connectivity index (χ1) is 17.2. The van der Waals surface area contributed by atoms with Gasteiger partial charge in [0, 0.05) is 16.7 Å². The monoisotopic (exact) mass is 486 g/mol. The zero-order valence-electron chi connectivity index (χ0n) is 21.5. The third-order valence-corrected chi connectivity index (χ3v) is 6.76. The van der Waals surface area contributed by atoms with Gasteiger partial charge in [0.25, 0.3) is 0 Å². The Morgan fingerprint density at radius 2 is 1.14 bits per heavy atom. The van der Waals surface area contributed by atoms with E-state index in [0.717, 1.165) is 24.8 Å². The van der Waals surface area contributed by atoms with Crippen LogP contribution in [0, 0.1) is 17.5 Å². The molecule has 0 heterocycles. The normalized spacial score (nSPS) is 11.6. The predicted molar refractivity (Wildman–Crippen MR) is 145 cm³/mol. The molecule has 186 valence electrons. The zero-order valence-corrected chi connectivity index (χ0v) is 21.5. The lowest BCUT2D eigenvalue weighted by Crippen LogP contribution is -2.10. The van der Waals surface area contributed by atoms with E-state index in [1.165, 1.54) is 41.8 Å². The Morgan fingerprint density at radius 3 is 1.75 bits per heavy atom. The van der Waals surface area contributed by atoms with Gasteiger partial charge in [0.05, 0.1) is 0 Å². The summed E-state index contributed by atoms with van der Waals surface area (Å²) in [4.78, 5) is 0. The summed E-state index contributed by atoms with van der Waals surface area (Å²) in [7, 11) is 0. The summed E-state index contributed by atoms with van der Waals surface area (Å²) in [6.07, 6.45) is 4.41. The van der Waals surface area contributed by atoms with Gasteiger partial charge in [-0.05, 0) is 52.1 Å². The molecule has 3 heteroatoms. The van der Waals surface area contributed by atoms with Crippen molar-refractivity contribution in [3.63, 3.8) is 0 Å². The number of hydrogen-bond acceptors (Lipinski definition) is 0. The lowest BCUT2D eigenvalue weighted by Gasteiger charge is -2.19. The summed E-state index contributed by atoms with van der Waals surface area (Å²) in [5, 5.41) is 0. The van der Waals surface area contributed by atoms with Crippen molar-refractivity contribution >= 4 is 0 Å². The first-order valence-corrected chi connectivity index (χ1v) is 12.7. The fourth-order valence-electron chi connectivity index (χ4n) is 4.49. The Bertz CT molecular complexity index is 1330. The number of benzene rings is 4. The van der Waals surface area contributed by atoms with E-state index in [4.69, 9.17) is 0 Å². The minimum absolute atomic E-state index is 0.0259. The molecule has 0 amide bonds. The molecule has 0 saturated heterocycles. The molecule has 0 saturated carbocycles. The van der Waals surface area contributed by atoms with E-state index in [1.807, 2.05) is 48.5 Å². The second-order valence-electron chi connectivity index (χ2n) is 10.5. The Balaban J connectivity index is 1.59. The molecule has 0 bridgehead atoms. The van der Waals surface area contributed by atoms with Crippen LogP contribution in [-0.4, -0.2) is 0 Å². The highest BCUT2D eigenvalue weighted by atomic mass is 19.2. The van der Waals surface area contributed by atoms with Crippen molar-refractivity contribution in [1.29, 1.82) is 0 Å². The van der Waals surface area contributed by atoms with E-state index < -0.39 is 17.5 Å². The summed E-state index contributed by atoms with van der Waals surface area (Å²) in [5.41, 5.74) is 4.68. The minimum Gasteiger partial charge on any atom is -0.206 e. The molecule has 4 aromatic rings. The van der Waals surface area contributed by atoms with E-state index in [0.29, 0.717) is 11.1 Å². The average molecular weight is 487 g/mol. The Morgan fingerprint density at radius 1 is 0.583 bits per heavy atom. The standard InChI is InChI=1S/C33H33F3/c1-5-6-7-8-22-9-11-24(12-10-22)27-19-20-29(32(36)31(27)35)28-18-15-25(21-30(28)34)23-13-16-26(17-14-23)33(2,3)4/h9-21H,5-8H2,1-4H3. The van der Waals surface area contributed by atoms with Crippen molar-refractivity contribution in [1.82, 2.24) is 0 Å². The van der Waals surface area contributed by atoms with Gasteiger partial charge in [-0.15, -0.1) is 0 Å². The topological polar surface area (TPSA) is 0 Å². The molecule has 36 heavy (non-hydrogen) atoms. The lowest BCUT2D eigenvalue weighted by atomic mass is 9.86. The SMILES string of the molecule is CCCCCc1ccc(-c2ccc(-c3ccc(-c4ccc(C(C)(C)C)cc4)cc3F)c(F)c2F)cc1. The molecule has 0 unspecified atom stereocenters. The van der Waals surface area contributed by atoms with Gasteiger partial charge >= 0.3 is 0 Å². The second-order valence-corrected chi connectivity index (χ2v) is 10.5. The van der Waals surface area contributed by atoms with E-state index in [9.17, 15) is 0 Å². The summed E-state index contributed by atoms with van der Waals surface area (Å²) < 4.78 is 45.3. The smallest absolute Gasteiger partial charge is 0.167 e. The van der Waals surface area contributed by atoms with Crippen molar-refractivity contribution in [2.45, 2.75) is 58.8 Å². The van der Waals surface area contributed by atoms with Gasteiger partial charge in [0.15, 0.2) is 11.6 Å². The van der Waals surface area contributed by atoms with Crippen LogP contribution < -0.4 is 0 Å². The highest BCUT2D eigenvalue weighted by Gasteiger charge is 2.19. The van der Waals surface area contributed by atoms with Gasteiger partial charge in [-0.25, -0.2) is 13.2 Å². The maximum atomic E-state index is 15.1. The molecule has 0 aliphatic heterocycles. The number of hydrogen-bond donors (Lipinski definition) is 0. The van der Waals surface area contributed by atoms with Crippen LogP contribution in [0.3, 0.4) is 0 Å². The molecule has 0 radical (unpaired) electrons. The largest absolute Gasteiger partial charge is 0.206 e. The summed E-state index contributed by atoms with van der Waals surface area (Å²) >= 11 is 0. The van der Waals surface area contributed by atoms with Crippen molar-refractivity contribution in [2.75, 3.05) is 0 Å². The summed E-state index contributed by atoms with van der Waals surface area (Å²) in [6.45, 7) is 8.58. The molecule has 0 atom stereocenters. The molecule has 0 aliphatic rings. The van der Waals surface area contributed by atoms with Gasteiger partial charge in [-0.1, -0.05) is 113 Å². The third-order valence-electron chi connectivity index (χ3n) is 6.76. The number of aryl methyl sites for hydroxylation is 1. The molecule has 0 fully saturated rings. The van der Waals surface area contributed by atoms with E-state index >= 15 is 13.2 Å². The lowest BCUT2D eigenvalue weighted by molar-refractivity contribution is 0.513. The van der Waals surface area contributed by atoms with Crippen LogP contribution in [0.15, 0.2) is 78.9 Å². The molecule has 0 nitrogen and oxygen atoms in total. The summed E-state index contributed by atoms with van der Waals surface area (Å²) in [5.74, 6) is -2.59. The van der Waals surface area contributed by atoms with Crippen LogP contribution in [0.4, 0.5) is 13.2 Å². The molecular weight excluding hydrogens is 453 g/mol. The molecule has 4 aromatic carbocycles. The fraction of sp³-hybridized carbons (Fsp3) is 0.273. The molecule has 4 rings (SSSR count). The van der Waals surface area contributed by atoms with Crippen molar-refractivity contribution in [3.8, 4) is 33.4 Å². The third kappa shape index (κ3) is 5.56. The minimum atomic E-state index is -1.04. The molecule has 0 N–H and O–H groups in total. The Labute approximate surface area is 212 Å². The van der Waals surface area contributed by atoms with Gasteiger partial charge < -0.3 is 0 Å². The molecule has 0 spiro atoms. The van der Waals surface area contributed by atoms with Gasteiger partial charge in [-0.3, -0.25) is 0 Å². The van der Waals surface area contributed by atoms with Crippen molar-refractivity contribution in [2.24, 2.45) is 0 Å². The summed E-state index contributed by atoms with van der Waals surface area (Å²) in [6, 6.07) is 23.2. The van der Waals surface area contributed by atoms with Crippen LogP contribution in [-0.2, 0) is 11.8 Å². The highest BCUT2D eigenvalue weighted by Crippen LogP contribution is 2.35. The van der Waals surface area contributed by atoms with Crippen LogP contribution in [0.25, 0.3) is 33.4 Å². The molecule has 0 aliphatic carbocycles. The quantitative estimate of drug-likeness (QED) is 0.228. The van der Waals surface area contributed by atoms with E-state index in [1.54, 1.807) is 6.07 Å². The highest BCUT2D eigenvalue weighted by molar-refractivity contribution is 5.75. The Kier molecular flexibility index (Phi) is 7.68. The molecule has 0 aromatic heterocycles. The van der Waals surface area contributed by atoms with E-state index in [-0.39, 0.29) is 22.1 Å². The average Bonchev–Trinajstić information content (AvgIpc) is 2.86. The molecular formula is C33H33F3. The number of halogens is 3. The number of unbranched alkanes of at least 4 members (excludes halogenated alkanes) is 2. The Hall–Kier alpha value is -3.33. The van der Waals surface area contributed by atoms with Crippen molar-refractivity contribution < 1.29 is 13.2 Å². The van der Waals surface area contributed by atoms with Crippen LogP contribution in [0.2, 0.25) is 0 Å². The van der Waals surface area contributed by atoms with Gasteiger partial charge in [0.1, 0.15) is 5.82 Å². The maximum Gasteiger partial charge on any atom is 0.167 e. The predicted octanol–water partition coefficient (Wildman–Crippen LogP) is 10.1. The zero-order chi connectivity index (χ0) is 25.9. The van der Waals surface area contributed by atoms with Crippen LogP contribution in [0.5, 0.6) is 0 Å². The van der Waals surface area contributed by atoms with Crippen LogP contribution >= 0.6 is 0 Å². The van der Waals surface area contributed by atoms with Crippen molar-refractivity contribution in [3.05, 3.63) is 107 Å². The fourth-order valence-corrected chi connectivity index (χ4v) is 4.49. The first-order valence-electron chi connectivity index (χ1n) is 12.7. The van der Waals surface area contributed by atoms with Crippen LogP contribution in [0.1, 0.15) is 58.1 Å².